The quantitative estimate of drug-likeness (QED) is 0.851. The van der Waals surface area contributed by atoms with Crippen LogP contribution in [-0.4, -0.2) is 24.3 Å². The van der Waals surface area contributed by atoms with Crippen molar-refractivity contribution in [2.45, 2.75) is 6.92 Å². The highest BCUT2D eigenvalue weighted by atomic mass is 16.6. The Kier molecular flexibility index (Phi) is 4.63. The average Bonchev–Trinajstić information content (AvgIpc) is 2.46. The van der Waals surface area contributed by atoms with Crippen LogP contribution in [0.3, 0.4) is 0 Å². The van der Waals surface area contributed by atoms with Crippen molar-refractivity contribution in [1.82, 2.24) is 0 Å². The van der Waals surface area contributed by atoms with Gasteiger partial charge in [0.1, 0.15) is 11.5 Å². The van der Waals surface area contributed by atoms with E-state index in [0.717, 1.165) is 5.56 Å². The third kappa shape index (κ3) is 3.76. The molecule has 0 bridgehead atoms. The summed E-state index contributed by atoms with van der Waals surface area (Å²) in [5.41, 5.74) is 1.16. The normalized spacial score (nSPS) is 9.91. The van der Waals surface area contributed by atoms with E-state index in [-0.39, 0.29) is 17.0 Å². The van der Waals surface area contributed by atoms with Gasteiger partial charge >= 0.3 is 12.1 Å². The molecule has 2 aromatic rings. The topological polar surface area (TPSA) is 84.9 Å². The molecule has 0 aromatic heterocycles. The van der Waals surface area contributed by atoms with E-state index in [2.05, 4.69) is 10.1 Å². The van der Waals surface area contributed by atoms with Crippen molar-refractivity contribution in [3.8, 4) is 11.5 Å². The number of methoxy groups -OCH3 is 1. The van der Waals surface area contributed by atoms with E-state index in [1.165, 1.54) is 25.3 Å². The minimum Gasteiger partial charge on any atom is -0.508 e. The van der Waals surface area contributed by atoms with Crippen LogP contribution in [0.15, 0.2) is 42.5 Å². The van der Waals surface area contributed by atoms with Gasteiger partial charge in [0.05, 0.1) is 18.4 Å². The number of phenols is 1. The molecular weight excluding hydrogens is 286 g/mol. The first-order valence-electron chi connectivity index (χ1n) is 6.46. The highest BCUT2D eigenvalue weighted by Gasteiger charge is 2.15. The maximum absolute atomic E-state index is 11.9. The number of esters is 1. The Balaban J connectivity index is 2.17. The summed E-state index contributed by atoms with van der Waals surface area (Å²) in [6, 6.07) is 10.9. The molecule has 2 N–H and O–H groups in total. The van der Waals surface area contributed by atoms with E-state index in [1.807, 2.05) is 13.0 Å². The molecule has 0 aliphatic heterocycles. The first-order valence-corrected chi connectivity index (χ1v) is 6.46. The van der Waals surface area contributed by atoms with Gasteiger partial charge in [0.2, 0.25) is 0 Å². The van der Waals surface area contributed by atoms with Crippen molar-refractivity contribution in [3.05, 3.63) is 53.6 Å². The molecule has 0 atom stereocenters. The lowest BCUT2D eigenvalue weighted by Gasteiger charge is -2.10. The van der Waals surface area contributed by atoms with Gasteiger partial charge < -0.3 is 14.6 Å². The van der Waals surface area contributed by atoms with Gasteiger partial charge in [0, 0.05) is 6.07 Å². The molecule has 0 fully saturated rings. The number of hydrogen-bond acceptors (Lipinski definition) is 5. The van der Waals surface area contributed by atoms with Gasteiger partial charge in [-0.15, -0.1) is 0 Å². The third-order valence-corrected chi connectivity index (χ3v) is 2.85. The predicted molar refractivity (Wildman–Crippen MR) is 80.3 cm³/mol. The Morgan fingerprint density at radius 3 is 2.59 bits per heavy atom. The van der Waals surface area contributed by atoms with Crippen LogP contribution in [0.2, 0.25) is 0 Å². The summed E-state index contributed by atoms with van der Waals surface area (Å²) in [6.07, 6.45) is -0.777. The van der Waals surface area contributed by atoms with Crippen LogP contribution in [-0.2, 0) is 4.74 Å². The molecule has 0 radical (unpaired) electrons. The van der Waals surface area contributed by atoms with Crippen LogP contribution in [0.25, 0.3) is 0 Å². The fourth-order valence-corrected chi connectivity index (χ4v) is 1.84. The molecule has 6 heteroatoms. The molecular formula is C16H15NO5. The molecule has 22 heavy (non-hydrogen) atoms. The second kappa shape index (κ2) is 6.62. The van der Waals surface area contributed by atoms with E-state index in [1.54, 1.807) is 18.2 Å². The average molecular weight is 301 g/mol. The number of amides is 1. The molecule has 1 amide bonds. The van der Waals surface area contributed by atoms with E-state index >= 15 is 0 Å². The smallest absolute Gasteiger partial charge is 0.417 e. The highest BCUT2D eigenvalue weighted by molar-refractivity contribution is 6.00. The van der Waals surface area contributed by atoms with Gasteiger partial charge in [-0.2, -0.15) is 0 Å². The molecule has 0 saturated carbocycles. The first-order chi connectivity index (χ1) is 10.5. The van der Waals surface area contributed by atoms with Crippen LogP contribution in [0.1, 0.15) is 15.9 Å². The van der Waals surface area contributed by atoms with Crippen LogP contribution in [0.5, 0.6) is 11.5 Å². The van der Waals surface area contributed by atoms with Gasteiger partial charge in [-0.3, -0.25) is 5.32 Å². The summed E-state index contributed by atoms with van der Waals surface area (Å²) in [5, 5.41) is 11.9. The Bertz CT molecular complexity index is 711. The summed E-state index contributed by atoms with van der Waals surface area (Å²) < 4.78 is 9.74. The third-order valence-electron chi connectivity index (χ3n) is 2.85. The number of phenolic OH excluding ortho intramolecular Hbond substituents is 1. The number of nitrogens with one attached hydrogen (secondary N) is 1. The number of carbonyl (C=O) groups excluding carboxylic acids is 2. The van der Waals surface area contributed by atoms with Crippen molar-refractivity contribution in [2.24, 2.45) is 0 Å². The lowest BCUT2D eigenvalue weighted by molar-refractivity contribution is 0.0602. The van der Waals surface area contributed by atoms with Gasteiger partial charge in [0.15, 0.2) is 0 Å². The minimum atomic E-state index is -0.777. The fraction of sp³-hybridized carbons (Fsp3) is 0.125. The maximum atomic E-state index is 11.9. The number of aromatic hydroxyl groups is 1. The summed E-state index contributed by atoms with van der Waals surface area (Å²) >= 11 is 0. The Labute approximate surface area is 127 Å². The van der Waals surface area contributed by atoms with Gasteiger partial charge in [-0.05, 0) is 36.8 Å². The summed E-state index contributed by atoms with van der Waals surface area (Å²) in [4.78, 5) is 23.5. The van der Waals surface area contributed by atoms with Crippen LogP contribution < -0.4 is 10.1 Å². The van der Waals surface area contributed by atoms with E-state index < -0.39 is 12.1 Å². The Hall–Kier alpha value is -3.02. The summed E-state index contributed by atoms with van der Waals surface area (Å²) in [7, 11) is 1.23. The Morgan fingerprint density at radius 2 is 1.91 bits per heavy atom. The molecule has 0 aliphatic rings. The predicted octanol–water partition coefficient (Wildman–Crippen LogP) is 3.10. The number of ether oxygens (including phenoxy) is 2. The standard InChI is InChI=1S/C16H15NO5/c1-10-4-3-5-12(8-10)22-16(20)17-14-9-11(18)6-7-13(14)15(19)21-2/h3-9,18H,1-2H3,(H,17,20). The molecule has 6 nitrogen and oxygen atoms in total. The highest BCUT2D eigenvalue weighted by Crippen LogP contribution is 2.23. The molecule has 0 heterocycles. The van der Waals surface area contributed by atoms with Crippen LogP contribution in [0, 0.1) is 6.92 Å². The minimum absolute atomic E-state index is 0.0986. The number of anilines is 1. The second-order valence-electron chi connectivity index (χ2n) is 4.55. The van der Waals surface area contributed by atoms with Crippen molar-refractivity contribution < 1.29 is 24.2 Å². The Morgan fingerprint density at radius 1 is 1.14 bits per heavy atom. The molecule has 0 aliphatic carbocycles. The summed E-state index contributed by atoms with van der Waals surface area (Å²) in [5.74, 6) is -0.360. The molecule has 2 rings (SSSR count). The monoisotopic (exact) mass is 301 g/mol. The molecule has 114 valence electrons. The van der Waals surface area contributed by atoms with E-state index in [4.69, 9.17) is 4.74 Å². The summed E-state index contributed by atoms with van der Waals surface area (Å²) in [6.45, 7) is 1.87. The largest absolute Gasteiger partial charge is 0.508 e. The maximum Gasteiger partial charge on any atom is 0.417 e. The second-order valence-corrected chi connectivity index (χ2v) is 4.55. The van der Waals surface area contributed by atoms with Gasteiger partial charge in [-0.25, -0.2) is 9.59 Å². The number of hydrogen-bond donors (Lipinski definition) is 2. The number of carbonyl (C=O) groups is 2. The lowest BCUT2D eigenvalue weighted by atomic mass is 10.1. The molecule has 0 spiro atoms. The van der Waals surface area contributed by atoms with Crippen molar-refractivity contribution >= 4 is 17.7 Å². The molecule has 0 unspecified atom stereocenters. The van der Waals surface area contributed by atoms with Crippen LogP contribution >= 0.6 is 0 Å². The number of benzene rings is 2. The van der Waals surface area contributed by atoms with Crippen molar-refractivity contribution in [3.63, 3.8) is 0 Å². The van der Waals surface area contributed by atoms with E-state index in [0.29, 0.717) is 5.75 Å². The zero-order valence-corrected chi connectivity index (χ0v) is 12.1. The lowest BCUT2D eigenvalue weighted by Crippen LogP contribution is -2.19. The van der Waals surface area contributed by atoms with E-state index in [9.17, 15) is 14.7 Å². The number of rotatable bonds is 3. The molecule has 2 aromatic carbocycles. The van der Waals surface area contributed by atoms with Crippen LogP contribution in [0.4, 0.5) is 10.5 Å². The van der Waals surface area contributed by atoms with Crippen molar-refractivity contribution in [1.29, 1.82) is 0 Å². The SMILES string of the molecule is COC(=O)c1ccc(O)cc1NC(=O)Oc1cccc(C)c1. The van der Waals surface area contributed by atoms with Crippen molar-refractivity contribution in [2.75, 3.05) is 12.4 Å². The number of aryl methyl sites for hydroxylation is 1. The first kappa shape index (κ1) is 15.4. The molecule has 0 saturated heterocycles. The van der Waals surface area contributed by atoms with Gasteiger partial charge in [-0.1, -0.05) is 12.1 Å². The zero-order chi connectivity index (χ0) is 16.1. The fourth-order valence-electron chi connectivity index (χ4n) is 1.84. The zero-order valence-electron chi connectivity index (χ0n) is 12.1. The van der Waals surface area contributed by atoms with Gasteiger partial charge in [0.25, 0.3) is 0 Å².